The fraction of sp³-hybridized carbons (Fsp3) is 0.385. The minimum Gasteiger partial charge on any atom is -0.390 e. The van der Waals surface area contributed by atoms with E-state index in [0.29, 0.717) is 22.9 Å². The lowest BCUT2D eigenvalue weighted by atomic mass is 9.83. The van der Waals surface area contributed by atoms with E-state index in [1.807, 2.05) is 32.9 Å². The normalized spacial score (nSPS) is 14.8. The number of nitriles is 1. The molecule has 33 heavy (non-hydrogen) atoms. The molecule has 0 atom stereocenters. The second-order valence-electron chi connectivity index (χ2n) is 9.32. The molecule has 7 heteroatoms. The van der Waals surface area contributed by atoms with Gasteiger partial charge in [-0.3, -0.25) is 4.79 Å². The highest BCUT2D eigenvalue weighted by Crippen LogP contribution is 2.31. The maximum atomic E-state index is 12.8. The molecule has 1 fully saturated rings. The van der Waals surface area contributed by atoms with Gasteiger partial charge in [0.15, 0.2) is 5.78 Å². The van der Waals surface area contributed by atoms with Crippen molar-refractivity contribution >= 4 is 11.6 Å². The Balaban J connectivity index is 1.41. The molecule has 1 N–H and O–H groups in total. The summed E-state index contributed by atoms with van der Waals surface area (Å²) in [4.78, 5) is 24.1. The van der Waals surface area contributed by atoms with Crippen LogP contribution >= 0.6 is 0 Å². The van der Waals surface area contributed by atoms with Gasteiger partial charge in [0, 0.05) is 49.9 Å². The van der Waals surface area contributed by atoms with E-state index >= 15 is 0 Å². The standard InChI is InChI=1S/C26H29N5O2/c1-18-12-20(16-29-25(18)30-10-7-22(8-11-30)26(2,3)33)13-23(32)21-6-9-31(17-21)24-5-4-19(14-27)15-28-24/h4-6,9,12,15-17,22,33H,7-8,10-11,13H2,1-3H3. The lowest BCUT2D eigenvalue weighted by molar-refractivity contribution is 0.00645. The van der Waals surface area contributed by atoms with Crippen molar-refractivity contribution < 1.29 is 9.90 Å². The Morgan fingerprint density at radius 3 is 2.58 bits per heavy atom. The van der Waals surface area contributed by atoms with E-state index in [1.54, 1.807) is 41.4 Å². The van der Waals surface area contributed by atoms with Gasteiger partial charge in [-0.1, -0.05) is 6.07 Å². The molecule has 3 aromatic heterocycles. The van der Waals surface area contributed by atoms with Crippen LogP contribution in [0.15, 0.2) is 49.1 Å². The van der Waals surface area contributed by atoms with E-state index in [9.17, 15) is 9.90 Å². The van der Waals surface area contributed by atoms with Gasteiger partial charge < -0.3 is 14.6 Å². The highest BCUT2D eigenvalue weighted by Gasteiger charge is 2.31. The second kappa shape index (κ2) is 9.16. The highest BCUT2D eigenvalue weighted by molar-refractivity contribution is 5.97. The van der Waals surface area contributed by atoms with E-state index < -0.39 is 5.60 Å². The Hall–Kier alpha value is -3.50. The maximum absolute atomic E-state index is 12.8. The summed E-state index contributed by atoms with van der Waals surface area (Å²) in [7, 11) is 0. The Bertz CT molecular complexity index is 1180. The van der Waals surface area contributed by atoms with Crippen LogP contribution in [0, 0.1) is 24.2 Å². The van der Waals surface area contributed by atoms with Crippen LogP contribution in [0.4, 0.5) is 5.82 Å². The van der Waals surface area contributed by atoms with Crippen LogP contribution in [0.5, 0.6) is 0 Å². The fourth-order valence-corrected chi connectivity index (χ4v) is 4.45. The van der Waals surface area contributed by atoms with Crippen molar-refractivity contribution in [3.8, 4) is 11.9 Å². The van der Waals surface area contributed by atoms with Crippen LogP contribution < -0.4 is 4.90 Å². The van der Waals surface area contributed by atoms with Gasteiger partial charge in [0.05, 0.1) is 11.2 Å². The largest absolute Gasteiger partial charge is 0.390 e. The van der Waals surface area contributed by atoms with Crippen molar-refractivity contribution in [3.05, 3.63) is 71.3 Å². The second-order valence-corrected chi connectivity index (χ2v) is 9.32. The minimum absolute atomic E-state index is 0.0161. The molecule has 170 valence electrons. The molecule has 7 nitrogen and oxygen atoms in total. The van der Waals surface area contributed by atoms with Gasteiger partial charge in [-0.05, 0) is 68.9 Å². The third-order valence-electron chi connectivity index (χ3n) is 6.42. The van der Waals surface area contributed by atoms with Gasteiger partial charge in [-0.2, -0.15) is 5.26 Å². The number of carbonyl (C=O) groups excluding carboxylic acids is 1. The number of aryl methyl sites for hydroxylation is 1. The zero-order valence-electron chi connectivity index (χ0n) is 19.3. The molecule has 0 radical (unpaired) electrons. The van der Waals surface area contributed by atoms with Gasteiger partial charge in [-0.15, -0.1) is 0 Å². The monoisotopic (exact) mass is 443 g/mol. The number of rotatable bonds is 6. The Morgan fingerprint density at radius 1 is 1.21 bits per heavy atom. The first-order valence-corrected chi connectivity index (χ1v) is 11.2. The minimum atomic E-state index is -0.645. The lowest BCUT2D eigenvalue weighted by Gasteiger charge is -2.38. The average molecular weight is 444 g/mol. The van der Waals surface area contributed by atoms with Crippen LogP contribution in [0.3, 0.4) is 0 Å². The molecule has 4 rings (SSSR count). The third-order valence-corrected chi connectivity index (χ3v) is 6.42. The molecule has 0 spiro atoms. The summed E-state index contributed by atoms with van der Waals surface area (Å²) in [6.07, 6.45) is 9.02. The zero-order valence-corrected chi connectivity index (χ0v) is 19.3. The van der Waals surface area contributed by atoms with Gasteiger partial charge in [-0.25, -0.2) is 9.97 Å². The summed E-state index contributed by atoms with van der Waals surface area (Å²) in [6.45, 7) is 7.55. The quantitative estimate of drug-likeness (QED) is 0.581. The van der Waals surface area contributed by atoms with E-state index in [4.69, 9.17) is 5.26 Å². The molecule has 3 aromatic rings. The molecule has 0 aromatic carbocycles. The van der Waals surface area contributed by atoms with Crippen molar-refractivity contribution in [1.82, 2.24) is 14.5 Å². The molecule has 0 unspecified atom stereocenters. The Morgan fingerprint density at radius 2 is 1.97 bits per heavy atom. The summed E-state index contributed by atoms with van der Waals surface area (Å²) in [5.41, 5.74) is 2.40. The zero-order chi connectivity index (χ0) is 23.6. The first-order valence-electron chi connectivity index (χ1n) is 11.2. The molecular formula is C26H29N5O2. The molecule has 1 saturated heterocycles. The molecular weight excluding hydrogens is 414 g/mol. The number of aliphatic hydroxyl groups is 1. The first-order chi connectivity index (χ1) is 15.7. The molecule has 0 bridgehead atoms. The number of nitrogens with zero attached hydrogens (tertiary/aromatic N) is 5. The smallest absolute Gasteiger partial charge is 0.168 e. The first kappa shape index (κ1) is 22.7. The van der Waals surface area contributed by atoms with E-state index in [2.05, 4.69) is 14.9 Å². The predicted octanol–water partition coefficient (Wildman–Crippen LogP) is 3.86. The van der Waals surface area contributed by atoms with Crippen molar-refractivity contribution in [2.75, 3.05) is 18.0 Å². The van der Waals surface area contributed by atoms with Gasteiger partial charge in [0.1, 0.15) is 17.7 Å². The molecule has 4 heterocycles. The van der Waals surface area contributed by atoms with Gasteiger partial charge in [0.2, 0.25) is 0 Å². The highest BCUT2D eigenvalue weighted by atomic mass is 16.3. The van der Waals surface area contributed by atoms with Crippen LogP contribution in [0.2, 0.25) is 0 Å². The summed E-state index contributed by atoms with van der Waals surface area (Å²) >= 11 is 0. The van der Waals surface area contributed by atoms with Gasteiger partial charge in [0.25, 0.3) is 0 Å². The molecule has 1 aliphatic heterocycles. The number of ketones is 1. The molecule has 0 amide bonds. The van der Waals surface area contributed by atoms with Crippen LogP contribution in [0.1, 0.15) is 53.7 Å². The number of piperidine rings is 1. The van der Waals surface area contributed by atoms with Gasteiger partial charge >= 0.3 is 0 Å². The summed E-state index contributed by atoms with van der Waals surface area (Å²) in [6, 6.07) is 9.33. The van der Waals surface area contributed by atoms with Crippen LogP contribution in [0.25, 0.3) is 5.82 Å². The molecule has 0 aliphatic carbocycles. The van der Waals surface area contributed by atoms with Crippen molar-refractivity contribution in [2.45, 2.75) is 45.6 Å². The van der Waals surface area contributed by atoms with E-state index in [0.717, 1.165) is 42.9 Å². The van der Waals surface area contributed by atoms with E-state index in [-0.39, 0.29) is 12.2 Å². The van der Waals surface area contributed by atoms with Crippen LogP contribution in [-0.2, 0) is 6.42 Å². The number of Topliss-reactive ketones (excluding diaryl/α,β-unsaturated/α-hetero) is 1. The number of aromatic nitrogens is 3. The van der Waals surface area contributed by atoms with Crippen molar-refractivity contribution in [3.63, 3.8) is 0 Å². The summed E-state index contributed by atoms with van der Waals surface area (Å²) in [5.74, 6) is 1.93. The molecule has 0 saturated carbocycles. The average Bonchev–Trinajstić information content (AvgIpc) is 3.29. The number of anilines is 1. The van der Waals surface area contributed by atoms with Crippen molar-refractivity contribution in [1.29, 1.82) is 5.26 Å². The Labute approximate surface area is 194 Å². The number of carbonyl (C=O) groups is 1. The summed E-state index contributed by atoms with van der Waals surface area (Å²) < 4.78 is 1.78. The number of hydrogen-bond donors (Lipinski definition) is 1. The summed E-state index contributed by atoms with van der Waals surface area (Å²) in [5, 5.41) is 19.2. The lowest BCUT2D eigenvalue weighted by Crippen LogP contribution is -2.42. The van der Waals surface area contributed by atoms with E-state index in [1.165, 1.54) is 6.20 Å². The number of hydrogen-bond acceptors (Lipinski definition) is 6. The topological polar surface area (TPSA) is 95.0 Å². The predicted molar refractivity (Wildman–Crippen MR) is 127 cm³/mol. The Kier molecular flexibility index (Phi) is 6.30. The number of pyridine rings is 2. The van der Waals surface area contributed by atoms with Crippen LogP contribution in [-0.4, -0.2) is 44.1 Å². The maximum Gasteiger partial charge on any atom is 0.168 e. The molecule has 1 aliphatic rings. The third kappa shape index (κ3) is 5.12. The fourth-order valence-electron chi connectivity index (χ4n) is 4.45. The van der Waals surface area contributed by atoms with Crippen molar-refractivity contribution in [2.24, 2.45) is 5.92 Å². The SMILES string of the molecule is Cc1cc(CC(=O)c2ccn(-c3ccc(C#N)cn3)c2)cnc1N1CCC(C(C)(C)O)CC1.